The van der Waals surface area contributed by atoms with Crippen LogP contribution in [0.25, 0.3) is 11.3 Å². The molecule has 1 aliphatic rings. The minimum Gasteiger partial charge on any atom is -0.497 e. The van der Waals surface area contributed by atoms with Gasteiger partial charge in [-0.25, -0.2) is 4.98 Å². The molecule has 4 rings (SSSR count). The Morgan fingerprint density at radius 3 is 2.64 bits per heavy atom. The third-order valence-corrected chi connectivity index (χ3v) is 5.74. The molecule has 1 unspecified atom stereocenters. The number of aromatic nitrogens is 3. The van der Waals surface area contributed by atoms with Crippen molar-refractivity contribution in [3.05, 3.63) is 42.6 Å². The maximum absolute atomic E-state index is 5.82. The average Bonchev–Trinajstić information content (AvgIpc) is 3.37. The van der Waals surface area contributed by atoms with Crippen LogP contribution >= 0.6 is 0 Å². The van der Waals surface area contributed by atoms with Crippen LogP contribution in [0, 0.1) is 0 Å². The SMILES string of the molecule is CCNC(CC)CN(c1ccnc(N2CCOCC2)n1)c1cc(-c2ccc(OC)cc2)no1. The first-order chi connectivity index (χ1) is 16.2. The van der Waals surface area contributed by atoms with E-state index in [0.29, 0.717) is 31.6 Å². The smallest absolute Gasteiger partial charge is 0.233 e. The second-order valence-electron chi connectivity index (χ2n) is 7.87. The van der Waals surface area contributed by atoms with Crippen LogP contribution in [0.1, 0.15) is 20.3 Å². The number of morpholine rings is 1. The summed E-state index contributed by atoms with van der Waals surface area (Å²) >= 11 is 0. The van der Waals surface area contributed by atoms with Gasteiger partial charge < -0.3 is 24.2 Å². The molecule has 3 aromatic rings. The summed E-state index contributed by atoms with van der Waals surface area (Å²) in [6.07, 6.45) is 2.78. The summed E-state index contributed by atoms with van der Waals surface area (Å²) in [5.41, 5.74) is 1.72. The minimum atomic E-state index is 0.270. The molecule has 0 radical (unpaired) electrons. The maximum Gasteiger partial charge on any atom is 0.233 e. The van der Waals surface area contributed by atoms with Crippen molar-refractivity contribution in [2.24, 2.45) is 0 Å². The van der Waals surface area contributed by atoms with Crippen LogP contribution in [0.3, 0.4) is 0 Å². The first-order valence-corrected chi connectivity index (χ1v) is 11.5. The zero-order valence-electron chi connectivity index (χ0n) is 19.5. The fourth-order valence-electron chi connectivity index (χ4n) is 3.84. The van der Waals surface area contributed by atoms with Crippen molar-refractivity contribution in [2.45, 2.75) is 26.3 Å². The average molecular weight is 453 g/mol. The third kappa shape index (κ3) is 5.61. The van der Waals surface area contributed by atoms with Gasteiger partial charge in [0, 0.05) is 43.5 Å². The standard InChI is InChI=1S/C24H32N6O3/c1-4-19(25-5-2)17-30(22-10-11-26-24(27-22)29-12-14-32-15-13-29)23-16-21(28-33-23)18-6-8-20(31-3)9-7-18/h6-11,16,19,25H,4-5,12-15,17H2,1-3H3. The molecule has 0 spiro atoms. The van der Waals surface area contributed by atoms with E-state index < -0.39 is 0 Å². The quantitative estimate of drug-likeness (QED) is 0.496. The predicted molar refractivity (Wildman–Crippen MR) is 128 cm³/mol. The predicted octanol–water partition coefficient (Wildman–Crippen LogP) is 3.50. The molecule has 1 saturated heterocycles. The molecule has 0 aliphatic carbocycles. The van der Waals surface area contributed by atoms with Crippen molar-refractivity contribution in [3.63, 3.8) is 0 Å². The number of nitrogens with one attached hydrogen (secondary N) is 1. The van der Waals surface area contributed by atoms with Gasteiger partial charge in [-0.15, -0.1) is 0 Å². The summed E-state index contributed by atoms with van der Waals surface area (Å²) in [7, 11) is 1.66. The van der Waals surface area contributed by atoms with Gasteiger partial charge in [-0.05, 0) is 43.3 Å². The maximum atomic E-state index is 5.82. The van der Waals surface area contributed by atoms with Crippen molar-refractivity contribution < 1.29 is 14.0 Å². The Morgan fingerprint density at radius 2 is 1.94 bits per heavy atom. The number of ether oxygens (including phenoxy) is 2. The highest BCUT2D eigenvalue weighted by Crippen LogP contribution is 2.30. The van der Waals surface area contributed by atoms with E-state index in [2.05, 4.69) is 39.1 Å². The Hall–Kier alpha value is -3.17. The second kappa shape index (κ2) is 11.1. The summed E-state index contributed by atoms with van der Waals surface area (Å²) in [6.45, 7) is 8.80. The van der Waals surface area contributed by atoms with Gasteiger partial charge in [0.2, 0.25) is 11.8 Å². The van der Waals surface area contributed by atoms with Crippen LogP contribution in [0.5, 0.6) is 5.75 Å². The van der Waals surface area contributed by atoms with Crippen molar-refractivity contribution >= 4 is 17.7 Å². The van der Waals surface area contributed by atoms with Crippen molar-refractivity contribution in [3.8, 4) is 17.0 Å². The zero-order chi connectivity index (χ0) is 23.0. The molecule has 1 N–H and O–H groups in total. The molecule has 1 atom stereocenters. The molecule has 176 valence electrons. The molecule has 3 heterocycles. The number of nitrogens with zero attached hydrogens (tertiary/aromatic N) is 5. The summed E-state index contributed by atoms with van der Waals surface area (Å²) in [5.74, 6) is 2.92. The van der Waals surface area contributed by atoms with Gasteiger partial charge in [-0.1, -0.05) is 19.0 Å². The lowest BCUT2D eigenvalue weighted by atomic mass is 10.1. The number of hydrogen-bond donors (Lipinski definition) is 1. The molecule has 1 aromatic carbocycles. The third-order valence-electron chi connectivity index (χ3n) is 5.74. The first-order valence-electron chi connectivity index (χ1n) is 11.5. The van der Waals surface area contributed by atoms with E-state index >= 15 is 0 Å². The number of likely N-dealkylation sites (N-methyl/N-ethyl adjacent to an activating group) is 1. The Kier molecular flexibility index (Phi) is 7.74. The molecule has 2 aromatic heterocycles. The normalized spacial score (nSPS) is 14.8. The van der Waals surface area contributed by atoms with Crippen molar-refractivity contribution in [1.82, 2.24) is 20.4 Å². The van der Waals surface area contributed by atoms with Gasteiger partial charge in [-0.2, -0.15) is 4.98 Å². The van der Waals surface area contributed by atoms with Crippen LogP contribution in [-0.4, -0.2) is 67.7 Å². The van der Waals surface area contributed by atoms with E-state index in [1.165, 1.54) is 0 Å². The molecule has 1 aliphatic heterocycles. The lowest BCUT2D eigenvalue weighted by molar-refractivity contribution is 0.122. The monoisotopic (exact) mass is 452 g/mol. The number of anilines is 3. The van der Waals surface area contributed by atoms with Gasteiger partial charge >= 0.3 is 0 Å². The number of methoxy groups -OCH3 is 1. The molecular formula is C24H32N6O3. The summed E-state index contributed by atoms with van der Waals surface area (Å²) in [4.78, 5) is 13.6. The Balaban J connectivity index is 1.64. The van der Waals surface area contributed by atoms with Gasteiger partial charge in [0.25, 0.3) is 0 Å². The molecule has 9 heteroatoms. The van der Waals surface area contributed by atoms with Gasteiger partial charge in [0.1, 0.15) is 17.3 Å². The molecule has 0 bridgehead atoms. The second-order valence-corrected chi connectivity index (χ2v) is 7.87. The highest BCUT2D eigenvalue weighted by molar-refractivity contribution is 5.66. The Bertz CT molecular complexity index is 1000. The molecule has 1 fully saturated rings. The lowest BCUT2D eigenvalue weighted by Crippen LogP contribution is -2.40. The largest absolute Gasteiger partial charge is 0.497 e. The van der Waals surface area contributed by atoms with E-state index in [9.17, 15) is 0 Å². The van der Waals surface area contributed by atoms with Crippen molar-refractivity contribution in [1.29, 1.82) is 0 Å². The number of rotatable bonds is 10. The van der Waals surface area contributed by atoms with E-state index in [4.69, 9.17) is 19.0 Å². The first kappa shape index (κ1) is 23.0. The summed E-state index contributed by atoms with van der Waals surface area (Å²) in [6, 6.07) is 11.9. The fourth-order valence-corrected chi connectivity index (χ4v) is 3.84. The molecule has 0 saturated carbocycles. The zero-order valence-corrected chi connectivity index (χ0v) is 19.5. The fraction of sp³-hybridized carbons (Fsp3) is 0.458. The van der Waals surface area contributed by atoms with Crippen LogP contribution in [0.4, 0.5) is 17.7 Å². The van der Waals surface area contributed by atoms with Crippen LogP contribution in [0.2, 0.25) is 0 Å². The van der Waals surface area contributed by atoms with Crippen LogP contribution in [0.15, 0.2) is 47.1 Å². The summed E-state index contributed by atoms with van der Waals surface area (Å²) < 4.78 is 16.6. The van der Waals surface area contributed by atoms with E-state index in [0.717, 1.165) is 48.9 Å². The van der Waals surface area contributed by atoms with E-state index in [1.54, 1.807) is 13.3 Å². The van der Waals surface area contributed by atoms with Crippen LogP contribution < -0.4 is 19.9 Å². The summed E-state index contributed by atoms with van der Waals surface area (Å²) in [5, 5.41) is 7.87. The van der Waals surface area contributed by atoms with Gasteiger partial charge in [-0.3, -0.25) is 4.90 Å². The molecular weight excluding hydrogens is 420 g/mol. The van der Waals surface area contributed by atoms with Crippen LogP contribution in [-0.2, 0) is 4.74 Å². The van der Waals surface area contributed by atoms with Gasteiger partial charge in [0.05, 0.1) is 20.3 Å². The van der Waals surface area contributed by atoms with E-state index in [-0.39, 0.29) is 6.04 Å². The van der Waals surface area contributed by atoms with E-state index in [1.807, 2.05) is 36.4 Å². The molecule has 0 amide bonds. The highest BCUT2D eigenvalue weighted by Gasteiger charge is 2.22. The minimum absolute atomic E-state index is 0.270. The topological polar surface area (TPSA) is 88.8 Å². The lowest BCUT2D eigenvalue weighted by Gasteiger charge is -2.29. The molecule has 33 heavy (non-hydrogen) atoms. The van der Waals surface area contributed by atoms with Crippen molar-refractivity contribution in [2.75, 3.05) is 56.3 Å². The van der Waals surface area contributed by atoms with Gasteiger partial charge in [0.15, 0.2) is 0 Å². The number of hydrogen-bond acceptors (Lipinski definition) is 9. The Morgan fingerprint density at radius 1 is 1.15 bits per heavy atom. The molecule has 9 nitrogen and oxygen atoms in total. The number of benzene rings is 1. The Labute approximate surface area is 194 Å². The highest BCUT2D eigenvalue weighted by atomic mass is 16.5.